The van der Waals surface area contributed by atoms with Crippen LogP contribution in [0, 0.1) is 11.3 Å². The molecule has 0 saturated heterocycles. The van der Waals surface area contributed by atoms with Gasteiger partial charge in [0.25, 0.3) is 10.2 Å². The molecule has 0 aliphatic carbocycles. The Morgan fingerprint density at radius 3 is 2.36 bits per heavy atom. The molecule has 0 unspecified atom stereocenters. The van der Waals surface area contributed by atoms with E-state index in [2.05, 4.69) is 4.72 Å². The lowest BCUT2D eigenvalue weighted by atomic mass is 10.1. The first-order valence-electron chi connectivity index (χ1n) is 3.78. The molecule has 1 aromatic carbocycles. The van der Waals surface area contributed by atoms with Crippen molar-refractivity contribution in [2.24, 2.45) is 5.14 Å². The lowest BCUT2D eigenvalue weighted by molar-refractivity contribution is 0.583. The van der Waals surface area contributed by atoms with Crippen molar-refractivity contribution in [1.82, 2.24) is 4.72 Å². The zero-order valence-corrected chi connectivity index (χ0v) is 8.08. The van der Waals surface area contributed by atoms with Crippen LogP contribution in [0.1, 0.15) is 11.1 Å². The molecule has 74 valence electrons. The Bertz CT molecular complexity index is 444. The van der Waals surface area contributed by atoms with Crippen LogP contribution >= 0.6 is 0 Å². The lowest BCUT2D eigenvalue weighted by Gasteiger charge is -2.01. The largest absolute Gasteiger partial charge is 0.274 e. The predicted molar refractivity (Wildman–Crippen MR) is 51.1 cm³/mol. The van der Waals surface area contributed by atoms with Crippen LogP contribution in [0.2, 0.25) is 0 Å². The molecule has 0 bridgehead atoms. The molecule has 0 aliphatic rings. The smallest absolute Gasteiger partial charge is 0.216 e. The van der Waals surface area contributed by atoms with E-state index in [4.69, 9.17) is 10.4 Å². The zero-order chi connectivity index (χ0) is 10.6. The van der Waals surface area contributed by atoms with Crippen LogP contribution in [-0.2, 0) is 16.8 Å². The van der Waals surface area contributed by atoms with E-state index < -0.39 is 10.2 Å². The van der Waals surface area contributed by atoms with Crippen molar-refractivity contribution in [3.05, 3.63) is 35.4 Å². The minimum Gasteiger partial charge on any atom is -0.216 e. The van der Waals surface area contributed by atoms with E-state index in [-0.39, 0.29) is 6.54 Å². The number of hydrogen-bond acceptors (Lipinski definition) is 3. The molecular weight excluding hydrogens is 202 g/mol. The van der Waals surface area contributed by atoms with Crippen LogP contribution < -0.4 is 9.86 Å². The number of nitrogens with two attached hydrogens (primary N) is 1. The highest BCUT2D eigenvalue weighted by Crippen LogP contribution is 2.02. The number of nitrogens with zero attached hydrogens (tertiary/aromatic N) is 1. The van der Waals surface area contributed by atoms with Gasteiger partial charge in [-0.05, 0) is 17.7 Å². The van der Waals surface area contributed by atoms with E-state index in [1.54, 1.807) is 24.3 Å². The Morgan fingerprint density at radius 1 is 1.36 bits per heavy atom. The fraction of sp³-hybridized carbons (Fsp3) is 0.125. The molecule has 0 spiro atoms. The molecule has 6 heteroatoms. The molecule has 0 fully saturated rings. The Balaban J connectivity index is 2.67. The number of nitriles is 1. The van der Waals surface area contributed by atoms with Gasteiger partial charge in [0.15, 0.2) is 0 Å². The highest BCUT2D eigenvalue weighted by molar-refractivity contribution is 7.87. The predicted octanol–water partition coefficient (Wildman–Crippen LogP) is -0.149. The van der Waals surface area contributed by atoms with Gasteiger partial charge >= 0.3 is 0 Å². The highest BCUT2D eigenvalue weighted by atomic mass is 32.2. The molecule has 0 radical (unpaired) electrons. The molecule has 0 aromatic heterocycles. The Hall–Kier alpha value is -1.42. The first-order valence-corrected chi connectivity index (χ1v) is 5.32. The summed E-state index contributed by atoms with van der Waals surface area (Å²) in [7, 11) is -3.65. The molecule has 14 heavy (non-hydrogen) atoms. The molecule has 1 aromatic rings. The maximum Gasteiger partial charge on any atom is 0.274 e. The number of hydrogen-bond donors (Lipinski definition) is 2. The molecule has 0 amide bonds. The van der Waals surface area contributed by atoms with Crippen LogP contribution in [0.3, 0.4) is 0 Å². The molecule has 3 N–H and O–H groups in total. The molecule has 0 saturated carbocycles. The van der Waals surface area contributed by atoms with E-state index in [9.17, 15) is 8.42 Å². The summed E-state index contributed by atoms with van der Waals surface area (Å²) in [4.78, 5) is 0. The van der Waals surface area contributed by atoms with Crippen LogP contribution in [0.25, 0.3) is 0 Å². The van der Waals surface area contributed by atoms with E-state index in [1.165, 1.54) is 0 Å². The minimum atomic E-state index is -3.65. The summed E-state index contributed by atoms with van der Waals surface area (Å²) in [6, 6.07) is 8.51. The van der Waals surface area contributed by atoms with E-state index in [1.807, 2.05) is 6.07 Å². The molecule has 0 atom stereocenters. The number of nitrogens with one attached hydrogen (secondary N) is 1. The highest BCUT2D eigenvalue weighted by Gasteiger charge is 2.00. The summed E-state index contributed by atoms with van der Waals surface area (Å²) in [5.74, 6) is 0. The quantitative estimate of drug-likeness (QED) is 0.727. The number of benzene rings is 1. The van der Waals surface area contributed by atoms with Crippen molar-refractivity contribution < 1.29 is 8.42 Å². The first kappa shape index (κ1) is 10.7. The van der Waals surface area contributed by atoms with Gasteiger partial charge in [-0.15, -0.1) is 0 Å². The van der Waals surface area contributed by atoms with Gasteiger partial charge in [0.2, 0.25) is 0 Å². The van der Waals surface area contributed by atoms with E-state index in [0.29, 0.717) is 5.56 Å². The van der Waals surface area contributed by atoms with Crippen LogP contribution in [0.15, 0.2) is 24.3 Å². The van der Waals surface area contributed by atoms with Crippen molar-refractivity contribution in [3.63, 3.8) is 0 Å². The summed E-state index contributed by atoms with van der Waals surface area (Å²) in [6.45, 7) is 0.130. The number of rotatable bonds is 3. The zero-order valence-electron chi connectivity index (χ0n) is 7.27. The average molecular weight is 211 g/mol. The van der Waals surface area contributed by atoms with Gasteiger partial charge in [-0.3, -0.25) is 0 Å². The van der Waals surface area contributed by atoms with Gasteiger partial charge in [-0.2, -0.15) is 18.4 Å². The van der Waals surface area contributed by atoms with Crippen LogP contribution in [0.4, 0.5) is 0 Å². The van der Waals surface area contributed by atoms with Gasteiger partial charge < -0.3 is 0 Å². The second-order valence-corrected chi connectivity index (χ2v) is 4.05. The van der Waals surface area contributed by atoms with Crippen molar-refractivity contribution in [2.75, 3.05) is 0 Å². The Labute approximate surface area is 82.3 Å². The SMILES string of the molecule is N#Cc1ccc(CNS(N)(=O)=O)cc1. The molecule has 1 rings (SSSR count). The van der Waals surface area contributed by atoms with Crippen molar-refractivity contribution in [2.45, 2.75) is 6.54 Å². The van der Waals surface area contributed by atoms with Crippen LogP contribution in [-0.4, -0.2) is 8.42 Å². The van der Waals surface area contributed by atoms with Crippen molar-refractivity contribution in [3.8, 4) is 6.07 Å². The third-order valence-electron chi connectivity index (χ3n) is 1.56. The van der Waals surface area contributed by atoms with E-state index in [0.717, 1.165) is 5.56 Å². The second kappa shape index (κ2) is 4.19. The summed E-state index contributed by atoms with van der Waals surface area (Å²) >= 11 is 0. The minimum absolute atomic E-state index is 0.130. The fourth-order valence-electron chi connectivity index (χ4n) is 0.881. The third-order valence-corrected chi connectivity index (χ3v) is 2.11. The standard InChI is InChI=1S/C8H9N3O2S/c9-5-7-1-3-8(4-2-7)6-11-14(10,12)13/h1-4,11H,6H2,(H2,10,12,13). The van der Waals surface area contributed by atoms with Gasteiger partial charge in [0, 0.05) is 6.54 Å². The van der Waals surface area contributed by atoms with E-state index >= 15 is 0 Å². The second-order valence-electron chi connectivity index (χ2n) is 2.67. The topological polar surface area (TPSA) is 96.0 Å². The Kier molecular flexibility index (Phi) is 3.19. The molecular formula is C8H9N3O2S. The summed E-state index contributed by atoms with van der Waals surface area (Å²) in [5, 5.41) is 13.3. The lowest BCUT2D eigenvalue weighted by Crippen LogP contribution is -2.30. The monoisotopic (exact) mass is 211 g/mol. The van der Waals surface area contributed by atoms with Crippen molar-refractivity contribution in [1.29, 1.82) is 5.26 Å². The summed E-state index contributed by atoms with van der Waals surface area (Å²) in [6.07, 6.45) is 0. The van der Waals surface area contributed by atoms with Crippen molar-refractivity contribution >= 4 is 10.2 Å². The van der Waals surface area contributed by atoms with Gasteiger partial charge in [0.1, 0.15) is 0 Å². The maximum atomic E-state index is 10.5. The molecule has 5 nitrogen and oxygen atoms in total. The normalized spacial score (nSPS) is 10.9. The molecule has 0 heterocycles. The fourth-order valence-corrected chi connectivity index (χ4v) is 1.25. The average Bonchev–Trinajstić information content (AvgIpc) is 2.14. The van der Waals surface area contributed by atoms with Crippen LogP contribution in [0.5, 0.6) is 0 Å². The Morgan fingerprint density at radius 2 is 1.93 bits per heavy atom. The summed E-state index contributed by atoms with van der Waals surface area (Å²) in [5.41, 5.74) is 1.28. The van der Waals surface area contributed by atoms with Gasteiger partial charge in [-0.1, -0.05) is 12.1 Å². The molecule has 0 aliphatic heterocycles. The van der Waals surface area contributed by atoms with Gasteiger partial charge in [0.05, 0.1) is 11.6 Å². The summed E-state index contributed by atoms with van der Waals surface area (Å²) < 4.78 is 23.2. The third kappa shape index (κ3) is 3.53. The van der Waals surface area contributed by atoms with Gasteiger partial charge in [-0.25, -0.2) is 5.14 Å². The first-order chi connectivity index (χ1) is 6.51. The maximum absolute atomic E-state index is 10.5.